The number of carbonyl (C=O) groups is 1. The Labute approximate surface area is 183 Å². The molecule has 1 aromatic carbocycles. The predicted molar refractivity (Wildman–Crippen MR) is 119 cm³/mol. The van der Waals surface area contributed by atoms with Gasteiger partial charge in [-0.3, -0.25) is 4.79 Å². The number of carbonyl (C=O) groups excluding carboxylic acids is 1. The Bertz CT molecular complexity index is 923. The van der Waals surface area contributed by atoms with Crippen molar-refractivity contribution >= 4 is 23.5 Å². The van der Waals surface area contributed by atoms with E-state index in [9.17, 15) is 4.79 Å². The fourth-order valence-electron chi connectivity index (χ4n) is 5.42. The van der Waals surface area contributed by atoms with E-state index in [1.807, 2.05) is 13.1 Å². The number of piperidine rings is 1. The van der Waals surface area contributed by atoms with E-state index in [1.54, 1.807) is 17.3 Å². The van der Waals surface area contributed by atoms with E-state index in [-0.39, 0.29) is 5.91 Å². The lowest BCUT2D eigenvalue weighted by Crippen LogP contribution is -2.35. The standard InChI is InChI=1S/C24H29ClN4O/c1-28-15-19-11-16(5-6-21(19)23(28)30)3-2-4-18-12-22(18)17-7-9-29(10-8-17)24-26-13-20(25)14-27-24/h5-6,11,13-14,17-18,22H,2-4,7-10,12,15H2,1H3/t18-,22-/m1/s1. The summed E-state index contributed by atoms with van der Waals surface area (Å²) < 4.78 is 0. The smallest absolute Gasteiger partial charge is 0.254 e. The topological polar surface area (TPSA) is 49.3 Å². The minimum atomic E-state index is 0.158. The first-order valence-corrected chi connectivity index (χ1v) is 11.6. The van der Waals surface area contributed by atoms with Gasteiger partial charge in [-0.05, 0) is 73.5 Å². The molecule has 0 bridgehead atoms. The van der Waals surface area contributed by atoms with Gasteiger partial charge in [0.15, 0.2) is 0 Å². The zero-order valence-electron chi connectivity index (χ0n) is 17.6. The third kappa shape index (κ3) is 4.04. The molecule has 0 N–H and O–H groups in total. The number of amides is 1. The van der Waals surface area contributed by atoms with Crippen molar-refractivity contribution in [1.82, 2.24) is 14.9 Å². The molecule has 0 spiro atoms. The third-order valence-corrected chi connectivity index (χ3v) is 7.40. The first-order valence-electron chi connectivity index (χ1n) is 11.2. The normalized spacial score (nSPS) is 23.7. The zero-order chi connectivity index (χ0) is 20.7. The van der Waals surface area contributed by atoms with Gasteiger partial charge in [-0.1, -0.05) is 23.7 Å². The van der Waals surface area contributed by atoms with Crippen molar-refractivity contribution in [3.8, 4) is 0 Å². The first kappa shape index (κ1) is 19.8. The number of hydrogen-bond donors (Lipinski definition) is 0. The molecule has 2 aromatic rings. The number of aryl methyl sites for hydroxylation is 1. The molecule has 30 heavy (non-hydrogen) atoms. The van der Waals surface area contributed by atoms with Gasteiger partial charge in [0.2, 0.25) is 5.95 Å². The molecular formula is C24H29ClN4O. The maximum Gasteiger partial charge on any atom is 0.254 e. The van der Waals surface area contributed by atoms with E-state index in [4.69, 9.17) is 11.6 Å². The van der Waals surface area contributed by atoms with Crippen LogP contribution in [0, 0.1) is 17.8 Å². The predicted octanol–water partition coefficient (Wildman–Crippen LogP) is 4.59. The Kier molecular flexibility index (Phi) is 5.40. The van der Waals surface area contributed by atoms with Crippen LogP contribution in [0.4, 0.5) is 5.95 Å². The summed E-state index contributed by atoms with van der Waals surface area (Å²) in [5.41, 5.74) is 3.46. The van der Waals surface area contributed by atoms with Gasteiger partial charge in [-0.15, -0.1) is 0 Å². The fourth-order valence-corrected chi connectivity index (χ4v) is 5.52. The Morgan fingerprint density at radius 3 is 2.70 bits per heavy atom. The summed E-state index contributed by atoms with van der Waals surface area (Å²) in [5.74, 6) is 3.67. The summed E-state index contributed by atoms with van der Waals surface area (Å²) in [4.78, 5) is 24.8. The molecule has 158 valence electrons. The third-order valence-electron chi connectivity index (χ3n) is 7.21. The van der Waals surface area contributed by atoms with Crippen molar-refractivity contribution < 1.29 is 4.79 Å². The molecule has 3 heterocycles. The van der Waals surface area contributed by atoms with E-state index in [2.05, 4.69) is 27.0 Å². The van der Waals surface area contributed by atoms with Crippen LogP contribution in [0.1, 0.15) is 53.6 Å². The quantitative estimate of drug-likeness (QED) is 0.680. The van der Waals surface area contributed by atoms with Gasteiger partial charge in [-0.2, -0.15) is 0 Å². The zero-order valence-corrected chi connectivity index (χ0v) is 18.3. The van der Waals surface area contributed by atoms with E-state index in [0.29, 0.717) is 5.02 Å². The van der Waals surface area contributed by atoms with E-state index < -0.39 is 0 Å². The SMILES string of the molecule is CN1Cc2cc(CCC[C@@H]3C[C@@H]3C3CCN(c4ncc(Cl)cn4)CC3)ccc2C1=O. The van der Waals surface area contributed by atoms with Crippen LogP contribution in [0.2, 0.25) is 5.02 Å². The van der Waals surface area contributed by atoms with Crippen molar-refractivity contribution in [2.45, 2.75) is 45.1 Å². The lowest BCUT2D eigenvalue weighted by Gasteiger charge is -2.32. The highest BCUT2D eigenvalue weighted by Crippen LogP contribution is 2.50. The average molecular weight is 425 g/mol. The maximum atomic E-state index is 12.0. The molecule has 1 saturated carbocycles. The van der Waals surface area contributed by atoms with Crippen LogP contribution in [-0.4, -0.2) is 40.9 Å². The first-order chi connectivity index (χ1) is 14.6. The van der Waals surface area contributed by atoms with Crippen LogP contribution in [0.5, 0.6) is 0 Å². The monoisotopic (exact) mass is 424 g/mol. The van der Waals surface area contributed by atoms with Gasteiger partial charge < -0.3 is 9.80 Å². The molecule has 2 atom stereocenters. The molecule has 1 aliphatic carbocycles. The molecule has 0 unspecified atom stereocenters. The number of nitrogens with zero attached hydrogens (tertiary/aromatic N) is 4. The Morgan fingerprint density at radius 1 is 1.17 bits per heavy atom. The molecule has 0 radical (unpaired) electrons. The van der Waals surface area contributed by atoms with Crippen LogP contribution in [-0.2, 0) is 13.0 Å². The molecule has 5 rings (SSSR count). The second-order valence-corrected chi connectivity index (χ2v) is 9.67. The summed E-state index contributed by atoms with van der Waals surface area (Å²) >= 11 is 5.90. The van der Waals surface area contributed by atoms with Gasteiger partial charge in [0.25, 0.3) is 5.91 Å². The second kappa shape index (κ2) is 8.18. The summed E-state index contributed by atoms with van der Waals surface area (Å²) in [5, 5.41) is 0.593. The highest BCUT2D eigenvalue weighted by atomic mass is 35.5. The van der Waals surface area contributed by atoms with Crippen LogP contribution in [0.15, 0.2) is 30.6 Å². The largest absolute Gasteiger partial charge is 0.341 e. The van der Waals surface area contributed by atoms with E-state index in [1.165, 1.54) is 43.2 Å². The van der Waals surface area contributed by atoms with E-state index in [0.717, 1.165) is 55.3 Å². The number of benzene rings is 1. The Balaban J connectivity index is 1.05. The molecule has 1 amide bonds. The summed E-state index contributed by atoms with van der Waals surface area (Å²) in [6.07, 6.45) is 11.0. The van der Waals surface area contributed by atoms with Gasteiger partial charge in [0.1, 0.15) is 0 Å². The molecule has 2 fully saturated rings. The number of hydrogen-bond acceptors (Lipinski definition) is 4. The molecule has 6 heteroatoms. The number of fused-ring (bicyclic) bond motifs is 1. The molecule has 5 nitrogen and oxygen atoms in total. The summed E-state index contributed by atoms with van der Waals surface area (Å²) in [6.45, 7) is 2.86. The number of rotatable bonds is 6. The van der Waals surface area contributed by atoms with Crippen LogP contribution >= 0.6 is 11.6 Å². The minimum absolute atomic E-state index is 0.158. The summed E-state index contributed by atoms with van der Waals surface area (Å²) in [7, 11) is 1.88. The van der Waals surface area contributed by atoms with Crippen LogP contribution in [0.25, 0.3) is 0 Å². The lowest BCUT2D eigenvalue weighted by molar-refractivity contribution is 0.0816. The Hall–Kier alpha value is -2.14. The number of aromatic nitrogens is 2. The average Bonchev–Trinajstić information content (AvgIpc) is 3.47. The number of anilines is 1. The highest BCUT2D eigenvalue weighted by molar-refractivity contribution is 6.30. The van der Waals surface area contributed by atoms with Gasteiger partial charge in [0, 0.05) is 32.2 Å². The fraction of sp³-hybridized carbons (Fsp3) is 0.542. The van der Waals surface area contributed by atoms with Crippen molar-refractivity contribution in [1.29, 1.82) is 0 Å². The highest BCUT2D eigenvalue weighted by Gasteiger charge is 2.43. The van der Waals surface area contributed by atoms with Crippen molar-refractivity contribution in [2.75, 3.05) is 25.0 Å². The molecule has 2 aliphatic heterocycles. The van der Waals surface area contributed by atoms with E-state index >= 15 is 0 Å². The van der Waals surface area contributed by atoms with Gasteiger partial charge in [0.05, 0.1) is 17.4 Å². The Morgan fingerprint density at radius 2 is 1.93 bits per heavy atom. The van der Waals surface area contributed by atoms with Crippen molar-refractivity contribution in [3.63, 3.8) is 0 Å². The van der Waals surface area contributed by atoms with Crippen molar-refractivity contribution in [3.05, 3.63) is 52.3 Å². The molecular weight excluding hydrogens is 396 g/mol. The maximum absolute atomic E-state index is 12.0. The molecule has 1 aromatic heterocycles. The van der Waals surface area contributed by atoms with Gasteiger partial charge in [-0.25, -0.2) is 9.97 Å². The van der Waals surface area contributed by atoms with Crippen molar-refractivity contribution in [2.24, 2.45) is 17.8 Å². The molecule has 1 saturated heterocycles. The lowest BCUT2D eigenvalue weighted by atomic mass is 9.90. The number of halogens is 1. The summed E-state index contributed by atoms with van der Waals surface area (Å²) in [6, 6.07) is 6.42. The van der Waals surface area contributed by atoms with Crippen LogP contribution < -0.4 is 4.90 Å². The minimum Gasteiger partial charge on any atom is -0.341 e. The van der Waals surface area contributed by atoms with Gasteiger partial charge >= 0.3 is 0 Å². The van der Waals surface area contributed by atoms with Crippen LogP contribution in [0.3, 0.4) is 0 Å². The second-order valence-electron chi connectivity index (χ2n) is 9.23. The molecule has 3 aliphatic rings.